The van der Waals surface area contributed by atoms with Crippen LogP contribution in [0.25, 0.3) is 16.6 Å². The molecular formula is C28H28F5N7O3. The first-order chi connectivity index (χ1) is 20.3. The highest BCUT2D eigenvalue weighted by Gasteiger charge is 2.44. The molecule has 0 saturated heterocycles. The van der Waals surface area contributed by atoms with E-state index in [1.54, 1.807) is 6.07 Å². The Bertz CT molecular complexity index is 1670. The maximum Gasteiger partial charge on any atom is 0.435 e. The standard InChI is InChI=1S/C28H28F5N7O3/c1-3-27(8-10-43-26-17(23(34)41)5-4-9-35-26)11-16(12-27)36-25(42)20-19-7-6-15(13-40(19)24(37-20)22(29)30)18-14-39(2)38-21(18)28(31,32)33/h4-7,9,13-14,16,22H,3,8,10-12H2,1-2H3,(H2,34,41)(H,36,42)/t16-,27-. The molecule has 0 spiro atoms. The summed E-state index contributed by atoms with van der Waals surface area (Å²) in [4.78, 5) is 32.7. The van der Waals surface area contributed by atoms with Gasteiger partial charge in [-0.15, -0.1) is 0 Å². The third-order valence-corrected chi connectivity index (χ3v) is 7.83. The van der Waals surface area contributed by atoms with E-state index in [0.29, 0.717) is 19.3 Å². The minimum absolute atomic E-state index is 0.0122. The number of imidazole rings is 1. The lowest BCUT2D eigenvalue weighted by Crippen LogP contribution is -2.51. The van der Waals surface area contributed by atoms with Crippen LogP contribution in [0.3, 0.4) is 0 Å². The summed E-state index contributed by atoms with van der Waals surface area (Å²) >= 11 is 0. The van der Waals surface area contributed by atoms with Crippen molar-refractivity contribution in [1.29, 1.82) is 0 Å². The van der Waals surface area contributed by atoms with Gasteiger partial charge < -0.3 is 15.8 Å². The van der Waals surface area contributed by atoms with Gasteiger partial charge in [-0.1, -0.05) is 19.4 Å². The molecule has 3 N–H and O–H groups in total. The number of fused-ring (bicyclic) bond motifs is 1. The number of hydrogen-bond acceptors (Lipinski definition) is 6. The monoisotopic (exact) mass is 605 g/mol. The van der Waals surface area contributed by atoms with E-state index in [2.05, 4.69) is 20.4 Å². The first-order valence-corrected chi connectivity index (χ1v) is 13.4. The number of alkyl halides is 5. The fourth-order valence-electron chi connectivity index (χ4n) is 5.57. The number of ether oxygens (including phenoxy) is 1. The average Bonchev–Trinajstić information content (AvgIpc) is 3.52. The third kappa shape index (κ3) is 5.88. The minimum Gasteiger partial charge on any atom is -0.477 e. The SMILES string of the molecule is CC[C@]1(CCOc2ncccc2C(N)=O)C[C@H](NC(=O)c2nc(C(F)F)n3cc(-c4cn(C)nc4C(F)(F)F)ccc23)C1. The molecule has 1 aliphatic carbocycles. The zero-order valence-electron chi connectivity index (χ0n) is 23.2. The Kier molecular flexibility index (Phi) is 7.84. The molecule has 2 amide bonds. The number of amides is 2. The quantitative estimate of drug-likeness (QED) is 0.246. The van der Waals surface area contributed by atoms with E-state index in [1.807, 2.05) is 6.92 Å². The second kappa shape index (κ2) is 11.3. The Morgan fingerprint density at radius 2 is 1.95 bits per heavy atom. The van der Waals surface area contributed by atoms with Crippen LogP contribution in [0.5, 0.6) is 5.88 Å². The first kappa shape index (κ1) is 29.9. The molecule has 1 saturated carbocycles. The van der Waals surface area contributed by atoms with Gasteiger partial charge in [-0.05, 0) is 42.9 Å². The summed E-state index contributed by atoms with van der Waals surface area (Å²) in [6.07, 6.45) is -1.52. The van der Waals surface area contributed by atoms with Crippen molar-refractivity contribution in [3.63, 3.8) is 0 Å². The van der Waals surface area contributed by atoms with Crippen LogP contribution in [0.2, 0.25) is 0 Å². The van der Waals surface area contributed by atoms with Crippen molar-refractivity contribution in [1.82, 2.24) is 29.5 Å². The lowest BCUT2D eigenvalue weighted by atomic mass is 9.62. The molecule has 1 fully saturated rings. The largest absolute Gasteiger partial charge is 0.477 e. The molecule has 4 heterocycles. The highest BCUT2D eigenvalue weighted by atomic mass is 19.4. The molecule has 0 aromatic carbocycles. The van der Waals surface area contributed by atoms with E-state index in [9.17, 15) is 31.5 Å². The van der Waals surface area contributed by atoms with Crippen LogP contribution in [0.4, 0.5) is 22.0 Å². The topological polar surface area (TPSA) is 129 Å². The predicted octanol–water partition coefficient (Wildman–Crippen LogP) is 4.94. The number of aromatic nitrogens is 5. The number of halogens is 5. The lowest BCUT2D eigenvalue weighted by Gasteiger charge is -2.47. The Morgan fingerprint density at radius 3 is 2.60 bits per heavy atom. The second-order valence-electron chi connectivity index (χ2n) is 10.6. The number of nitrogens with zero attached hydrogens (tertiary/aromatic N) is 5. The Morgan fingerprint density at radius 1 is 1.21 bits per heavy atom. The van der Waals surface area contributed by atoms with Crippen molar-refractivity contribution in [3.8, 4) is 17.0 Å². The summed E-state index contributed by atoms with van der Waals surface area (Å²) in [6, 6.07) is 5.46. The van der Waals surface area contributed by atoms with E-state index < -0.39 is 35.9 Å². The number of nitrogens with two attached hydrogens (primary N) is 1. The molecule has 0 aliphatic heterocycles. The number of hydrogen-bond donors (Lipinski definition) is 2. The Labute approximate surface area is 242 Å². The van der Waals surface area contributed by atoms with Crippen LogP contribution in [0, 0.1) is 5.41 Å². The van der Waals surface area contributed by atoms with E-state index in [0.717, 1.165) is 27.9 Å². The zero-order valence-corrected chi connectivity index (χ0v) is 23.2. The summed E-state index contributed by atoms with van der Waals surface area (Å²) in [5, 5.41) is 6.31. The van der Waals surface area contributed by atoms with E-state index in [1.165, 1.54) is 31.4 Å². The molecule has 5 rings (SSSR count). The van der Waals surface area contributed by atoms with Crippen LogP contribution < -0.4 is 15.8 Å². The third-order valence-electron chi connectivity index (χ3n) is 7.83. The number of carbonyl (C=O) groups is 2. The molecule has 43 heavy (non-hydrogen) atoms. The summed E-state index contributed by atoms with van der Waals surface area (Å²) in [5.74, 6) is -1.94. The van der Waals surface area contributed by atoms with Gasteiger partial charge in [0.15, 0.2) is 17.2 Å². The van der Waals surface area contributed by atoms with Gasteiger partial charge in [0.25, 0.3) is 18.2 Å². The first-order valence-electron chi connectivity index (χ1n) is 13.4. The van der Waals surface area contributed by atoms with Gasteiger partial charge in [-0.2, -0.15) is 18.3 Å². The van der Waals surface area contributed by atoms with Gasteiger partial charge in [-0.3, -0.25) is 18.7 Å². The van der Waals surface area contributed by atoms with E-state index in [-0.39, 0.29) is 51.8 Å². The Hall–Kier alpha value is -4.56. The molecule has 0 bridgehead atoms. The maximum atomic E-state index is 13.9. The lowest BCUT2D eigenvalue weighted by molar-refractivity contribution is -0.141. The number of rotatable bonds is 10. The minimum atomic E-state index is -4.76. The zero-order chi connectivity index (χ0) is 31.1. The summed E-state index contributed by atoms with van der Waals surface area (Å²) in [5.41, 5.74) is 3.70. The Balaban J connectivity index is 1.29. The van der Waals surface area contributed by atoms with Gasteiger partial charge in [-0.25, -0.2) is 18.7 Å². The van der Waals surface area contributed by atoms with Gasteiger partial charge in [0, 0.05) is 42.8 Å². The van der Waals surface area contributed by atoms with Crippen molar-refractivity contribution in [2.75, 3.05) is 6.61 Å². The summed E-state index contributed by atoms with van der Waals surface area (Å²) in [7, 11) is 1.32. The highest BCUT2D eigenvalue weighted by Crippen LogP contribution is 2.47. The summed E-state index contributed by atoms with van der Waals surface area (Å²) in [6.45, 7) is 2.28. The van der Waals surface area contributed by atoms with Gasteiger partial charge >= 0.3 is 6.18 Å². The van der Waals surface area contributed by atoms with Crippen LogP contribution in [0.1, 0.15) is 71.4 Å². The van der Waals surface area contributed by atoms with E-state index >= 15 is 0 Å². The molecule has 0 atom stereocenters. The molecule has 15 heteroatoms. The van der Waals surface area contributed by atoms with Crippen molar-refractivity contribution < 1.29 is 36.3 Å². The number of nitrogens with one attached hydrogen (secondary N) is 1. The van der Waals surface area contributed by atoms with Crippen LogP contribution in [0.15, 0.2) is 42.9 Å². The molecule has 4 aromatic rings. The van der Waals surface area contributed by atoms with Gasteiger partial charge in [0.2, 0.25) is 5.88 Å². The summed E-state index contributed by atoms with van der Waals surface area (Å²) < 4.78 is 76.0. The maximum absolute atomic E-state index is 13.9. The molecule has 10 nitrogen and oxygen atoms in total. The molecule has 1 aliphatic rings. The predicted molar refractivity (Wildman–Crippen MR) is 143 cm³/mol. The number of aryl methyl sites for hydroxylation is 1. The van der Waals surface area contributed by atoms with Crippen LogP contribution >= 0.6 is 0 Å². The molecule has 0 unspecified atom stereocenters. The smallest absolute Gasteiger partial charge is 0.435 e. The van der Waals surface area contributed by atoms with Crippen LogP contribution in [-0.2, 0) is 13.2 Å². The molecular weight excluding hydrogens is 577 g/mol. The van der Waals surface area contributed by atoms with Crippen LogP contribution in [-0.4, -0.2) is 48.6 Å². The molecule has 228 valence electrons. The highest BCUT2D eigenvalue weighted by molar-refractivity contribution is 5.99. The van der Waals surface area contributed by atoms with Crippen molar-refractivity contribution in [2.24, 2.45) is 18.2 Å². The molecule has 4 aromatic heterocycles. The normalized spacial score (nSPS) is 18.6. The number of primary amides is 1. The van der Waals surface area contributed by atoms with Crippen molar-refractivity contribution >= 4 is 17.3 Å². The fourth-order valence-corrected chi connectivity index (χ4v) is 5.57. The number of carbonyl (C=O) groups excluding carboxylic acids is 2. The fraction of sp³-hybridized carbons (Fsp3) is 0.393. The average molecular weight is 606 g/mol. The van der Waals surface area contributed by atoms with E-state index in [4.69, 9.17) is 10.5 Å². The molecule has 0 radical (unpaired) electrons. The van der Waals surface area contributed by atoms with Gasteiger partial charge in [0.1, 0.15) is 5.56 Å². The van der Waals surface area contributed by atoms with Crippen molar-refractivity contribution in [3.05, 3.63) is 65.6 Å². The second-order valence-corrected chi connectivity index (χ2v) is 10.6. The number of pyridine rings is 2. The van der Waals surface area contributed by atoms with Gasteiger partial charge in [0.05, 0.1) is 12.1 Å². The van der Waals surface area contributed by atoms with Crippen molar-refractivity contribution in [2.45, 2.75) is 51.3 Å².